The molecule has 4 rings (SSSR count). The van der Waals surface area contributed by atoms with Crippen LogP contribution in [0, 0.1) is 0 Å². The van der Waals surface area contributed by atoms with Crippen LogP contribution >= 0.6 is 0 Å². The SMILES string of the molecule is CCn1c(=O)oc2cc(NC(=O)CN3CCN(C(C)=O)C[C@@H]3c3ccc(OC(C)C)cc3)ccc21. The quantitative estimate of drug-likeness (QED) is 0.558. The van der Waals surface area contributed by atoms with E-state index in [1.807, 2.05) is 49.9 Å². The van der Waals surface area contributed by atoms with Crippen molar-refractivity contribution in [2.24, 2.45) is 0 Å². The molecular formula is C26H32N4O5. The number of nitrogens with one attached hydrogen (secondary N) is 1. The molecule has 9 nitrogen and oxygen atoms in total. The van der Waals surface area contributed by atoms with E-state index < -0.39 is 5.76 Å². The van der Waals surface area contributed by atoms with Crippen molar-refractivity contribution < 1.29 is 18.7 Å². The number of ether oxygens (including phenoxy) is 1. The topological polar surface area (TPSA) is 97.0 Å². The van der Waals surface area contributed by atoms with Gasteiger partial charge in [0.05, 0.1) is 24.2 Å². The van der Waals surface area contributed by atoms with Crippen molar-refractivity contribution >= 4 is 28.6 Å². The Kier molecular flexibility index (Phi) is 7.25. The number of nitrogens with zero attached hydrogens (tertiary/aromatic N) is 3. The standard InChI is InChI=1S/C26H32N4O5/c1-5-30-22-11-8-20(14-24(22)35-26(30)33)27-25(32)16-29-13-12-28(18(4)31)15-23(29)19-6-9-21(10-7-19)34-17(2)3/h6-11,14,17,23H,5,12-13,15-16H2,1-4H3,(H,27,32)/t23-/m1/s1. The number of hydrogen-bond acceptors (Lipinski definition) is 6. The largest absolute Gasteiger partial charge is 0.491 e. The average molecular weight is 481 g/mol. The summed E-state index contributed by atoms with van der Waals surface area (Å²) < 4.78 is 12.6. The van der Waals surface area contributed by atoms with Crippen LogP contribution in [0.5, 0.6) is 5.75 Å². The summed E-state index contributed by atoms with van der Waals surface area (Å²) in [7, 11) is 0. The molecule has 0 unspecified atom stereocenters. The Labute approximate surface area is 204 Å². The normalized spacial score (nSPS) is 16.6. The fourth-order valence-corrected chi connectivity index (χ4v) is 4.48. The number of oxazole rings is 1. The third kappa shape index (κ3) is 5.57. The zero-order chi connectivity index (χ0) is 25.1. The van der Waals surface area contributed by atoms with Crippen LogP contribution in [0.1, 0.15) is 39.3 Å². The molecule has 0 spiro atoms. The predicted octanol–water partition coefficient (Wildman–Crippen LogP) is 3.25. The number of fused-ring (bicyclic) bond motifs is 1. The Hall–Kier alpha value is -3.59. The number of aryl methyl sites for hydroxylation is 1. The van der Waals surface area contributed by atoms with Crippen LogP contribution in [0.3, 0.4) is 0 Å². The molecule has 0 saturated carbocycles. The van der Waals surface area contributed by atoms with Crippen LogP contribution in [-0.4, -0.2) is 58.5 Å². The first-order chi connectivity index (χ1) is 16.7. The van der Waals surface area contributed by atoms with E-state index >= 15 is 0 Å². The number of anilines is 1. The second-order valence-corrected chi connectivity index (χ2v) is 9.03. The van der Waals surface area contributed by atoms with Gasteiger partial charge in [-0.1, -0.05) is 12.1 Å². The fourth-order valence-electron chi connectivity index (χ4n) is 4.48. The molecule has 1 aromatic heterocycles. The third-order valence-electron chi connectivity index (χ3n) is 6.19. The highest BCUT2D eigenvalue weighted by molar-refractivity contribution is 5.94. The van der Waals surface area contributed by atoms with Gasteiger partial charge in [0.25, 0.3) is 0 Å². The molecule has 1 N–H and O–H groups in total. The molecule has 0 aliphatic carbocycles. The van der Waals surface area contributed by atoms with E-state index in [2.05, 4.69) is 10.2 Å². The molecule has 186 valence electrons. The number of piperazine rings is 1. The lowest BCUT2D eigenvalue weighted by Crippen LogP contribution is -2.51. The molecular weight excluding hydrogens is 448 g/mol. The van der Waals surface area contributed by atoms with Crippen LogP contribution in [0.2, 0.25) is 0 Å². The molecule has 2 heterocycles. The van der Waals surface area contributed by atoms with Crippen molar-refractivity contribution in [3.8, 4) is 5.75 Å². The summed E-state index contributed by atoms with van der Waals surface area (Å²) in [5.41, 5.74) is 2.71. The van der Waals surface area contributed by atoms with Gasteiger partial charge in [-0.05, 0) is 50.6 Å². The lowest BCUT2D eigenvalue weighted by Gasteiger charge is -2.41. The summed E-state index contributed by atoms with van der Waals surface area (Å²) in [5.74, 6) is 0.212. The number of amides is 2. The van der Waals surface area contributed by atoms with E-state index in [0.29, 0.717) is 43.0 Å². The lowest BCUT2D eigenvalue weighted by molar-refractivity contribution is -0.132. The molecule has 3 aromatic rings. The van der Waals surface area contributed by atoms with Gasteiger partial charge in [0.2, 0.25) is 11.8 Å². The monoisotopic (exact) mass is 480 g/mol. The smallest absolute Gasteiger partial charge is 0.419 e. The fraction of sp³-hybridized carbons (Fsp3) is 0.423. The zero-order valence-electron chi connectivity index (χ0n) is 20.6. The van der Waals surface area contributed by atoms with E-state index in [1.165, 1.54) is 4.57 Å². The van der Waals surface area contributed by atoms with Gasteiger partial charge in [0, 0.05) is 44.9 Å². The zero-order valence-corrected chi connectivity index (χ0v) is 20.6. The van der Waals surface area contributed by atoms with Crippen LogP contribution in [0.15, 0.2) is 51.7 Å². The molecule has 1 atom stereocenters. The first-order valence-electron chi connectivity index (χ1n) is 11.9. The van der Waals surface area contributed by atoms with Gasteiger partial charge in [0.15, 0.2) is 5.58 Å². The second-order valence-electron chi connectivity index (χ2n) is 9.03. The van der Waals surface area contributed by atoms with Crippen molar-refractivity contribution in [2.75, 3.05) is 31.5 Å². The third-order valence-corrected chi connectivity index (χ3v) is 6.19. The minimum Gasteiger partial charge on any atom is -0.491 e. The average Bonchev–Trinajstić information content (AvgIpc) is 3.13. The summed E-state index contributed by atoms with van der Waals surface area (Å²) in [6.45, 7) is 9.72. The van der Waals surface area contributed by atoms with Gasteiger partial charge >= 0.3 is 5.76 Å². The molecule has 1 aliphatic heterocycles. The molecule has 1 fully saturated rings. The number of hydrogen-bond donors (Lipinski definition) is 1. The van der Waals surface area contributed by atoms with Crippen LogP contribution in [0.4, 0.5) is 5.69 Å². The maximum absolute atomic E-state index is 13.0. The molecule has 35 heavy (non-hydrogen) atoms. The number of rotatable bonds is 7. The molecule has 1 saturated heterocycles. The molecule has 0 radical (unpaired) electrons. The number of benzene rings is 2. The Balaban J connectivity index is 1.49. The Bertz CT molecular complexity index is 1260. The van der Waals surface area contributed by atoms with Crippen LogP contribution in [-0.2, 0) is 16.1 Å². The first-order valence-corrected chi connectivity index (χ1v) is 11.9. The van der Waals surface area contributed by atoms with E-state index in [4.69, 9.17) is 9.15 Å². The van der Waals surface area contributed by atoms with Crippen molar-refractivity contribution in [2.45, 2.75) is 46.4 Å². The molecule has 9 heteroatoms. The number of carbonyl (C=O) groups excluding carboxylic acids is 2. The van der Waals surface area contributed by atoms with Gasteiger partial charge in [-0.3, -0.25) is 19.1 Å². The summed E-state index contributed by atoms with van der Waals surface area (Å²) >= 11 is 0. The molecule has 1 aliphatic rings. The van der Waals surface area contributed by atoms with Gasteiger partial charge in [-0.25, -0.2) is 4.79 Å². The summed E-state index contributed by atoms with van der Waals surface area (Å²) in [6, 6.07) is 12.9. The van der Waals surface area contributed by atoms with Gasteiger partial charge in [0.1, 0.15) is 5.75 Å². The number of aromatic nitrogens is 1. The Morgan fingerprint density at radius 1 is 1.14 bits per heavy atom. The molecule has 2 aromatic carbocycles. The van der Waals surface area contributed by atoms with Crippen molar-refractivity contribution in [3.63, 3.8) is 0 Å². The minimum absolute atomic E-state index is 0.0210. The maximum Gasteiger partial charge on any atom is 0.419 e. The highest BCUT2D eigenvalue weighted by atomic mass is 16.5. The van der Waals surface area contributed by atoms with Crippen molar-refractivity contribution in [3.05, 3.63) is 58.6 Å². The first kappa shape index (κ1) is 24.5. The lowest BCUT2D eigenvalue weighted by atomic mass is 10.0. The maximum atomic E-state index is 13.0. The summed E-state index contributed by atoms with van der Waals surface area (Å²) in [5, 5.41) is 2.91. The minimum atomic E-state index is -0.415. The summed E-state index contributed by atoms with van der Waals surface area (Å²) in [4.78, 5) is 40.9. The van der Waals surface area contributed by atoms with Crippen LogP contribution in [0.25, 0.3) is 11.1 Å². The van der Waals surface area contributed by atoms with E-state index in [9.17, 15) is 14.4 Å². The van der Waals surface area contributed by atoms with Crippen LogP contribution < -0.4 is 15.8 Å². The van der Waals surface area contributed by atoms with Crippen molar-refractivity contribution in [1.82, 2.24) is 14.4 Å². The molecule has 2 amide bonds. The van der Waals surface area contributed by atoms with Gasteiger partial charge < -0.3 is 19.4 Å². The molecule has 0 bridgehead atoms. The van der Waals surface area contributed by atoms with Crippen molar-refractivity contribution in [1.29, 1.82) is 0 Å². The predicted molar refractivity (Wildman–Crippen MR) is 134 cm³/mol. The van der Waals surface area contributed by atoms with Gasteiger partial charge in [-0.2, -0.15) is 0 Å². The van der Waals surface area contributed by atoms with Gasteiger partial charge in [-0.15, -0.1) is 0 Å². The highest BCUT2D eigenvalue weighted by Crippen LogP contribution is 2.28. The number of carbonyl (C=O) groups is 2. The van der Waals surface area contributed by atoms with E-state index in [0.717, 1.165) is 11.3 Å². The van der Waals surface area contributed by atoms with E-state index in [-0.39, 0.29) is 30.5 Å². The second kappa shape index (κ2) is 10.4. The summed E-state index contributed by atoms with van der Waals surface area (Å²) in [6.07, 6.45) is 0.0803. The highest BCUT2D eigenvalue weighted by Gasteiger charge is 2.30. The van der Waals surface area contributed by atoms with E-state index in [1.54, 1.807) is 25.1 Å². The Morgan fingerprint density at radius 2 is 1.89 bits per heavy atom. The Morgan fingerprint density at radius 3 is 2.54 bits per heavy atom.